The molecule has 0 unspecified atom stereocenters. The van der Waals surface area contributed by atoms with Crippen molar-refractivity contribution >= 4 is 28.5 Å². The Labute approximate surface area is 203 Å². The number of fused-ring (bicyclic) bond motifs is 1. The SMILES string of the molecule is C/C(=N\Nc1nc2c(c(=O)[nH]c(=O)n2C)n1C[C@H](O)COc1ccccc1)c1ccc([N+](=O)[O-])cc1. The van der Waals surface area contributed by atoms with E-state index in [0.717, 1.165) is 0 Å². The molecular weight excluding hydrogens is 470 g/mol. The van der Waals surface area contributed by atoms with Gasteiger partial charge < -0.3 is 14.4 Å². The van der Waals surface area contributed by atoms with Crippen LogP contribution < -0.4 is 21.4 Å². The summed E-state index contributed by atoms with van der Waals surface area (Å²) in [5.41, 5.74) is 2.71. The zero-order valence-electron chi connectivity index (χ0n) is 19.4. The summed E-state index contributed by atoms with van der Waals surface area (Å²) in [6, 6.07) is 14.8. The number of nitro groups is 1. The summed E-state index contributed by atoms with van der Waals surface area (Å²) in [6.45, 7) is 1.54. The Hall–Kier alpha value is -4.78. The van der Waals surface area contributed by atoms with Crippen LogP contribution in [0.1, 0.15) is 12.5 Å². The first-order valence-electron chi connectivity index (χ1n) is 10.8. The molecule has 0 bridgehead atoms. The molecule has 0 saturated heterocycles. The van der Waals surface area contributed by atoms with Crippen LogP contribution in [-0.2, 0) is 13.6 Å². The molecule has 4 rings (SSSR count). The molecular formula is C23H23N7O6. The number of ether oxygens (including phenoxy) is 1. The van der Waals surface area contributed by atoms with Crippen LogP contribution in [0, 0.1) is 10.1 Å². The number of rotatable bonds is 9. The van der Waals surface area contributed by atoms with E-state index in [-0.39, 0.29) is 36.0 Å². The first-order valence-corrected chi connectivity index (χ1v) is 10.8. The molecule has 186 valence electrons. The number of non-ortho nitro benzene ring substituents is 1. The van der Waals surface area contributed by atoms with Crippen molar-refractivity contribution in [2.24, 2.45) is 12.1 Å². The zero-order chi connectivity index (χ0) is 25.8. The molecule has 0 amide bonds. The van der Waals surface area contributed by atoms with Gasteiger partial charge in [0.1, 0.15) is 18.5 Å². The Morgan fingerprint density at radius 2 is 1.92 bits per heavy atom. The number of H-pyrrole nitrogens is 1. The summed E-state index contributed by atoms with van der Waals surface area (Å²) in [4.78, 5) is 41.7. The van der Waals surface area contributed by atoms with Gasteiger partial charge >= 0.3 is 5.69 Å². The third kappa shape index (κ3) is 5.15. The summed E-state index contributed by atoms with van der Waals surface area (Å²) >= 11 is 0. The van der Waals surface area contributed by atoms with Crippen LogP contribution in [0.5, 0.6) is 5.75 Å². The third-order valence-corrected chi connectivity index (χ3v) is 5.41. The topological polar surface area (TPSA) is 170 Å². The highest BCUT2D eigenvalue weighted by molar-refractivity contribution is 5.99. The Bertz CT molecular complexity index is 1540. The fraction of sp³-hybridized carbons (Fsp3) is 0.217. The van der Waals surface area contributed by atoms with E-state index >= 15 is 0 Å². The number of para-hydroxylation sites is 1. The molecule has 2 heterocycles. The summed E-state index contributed by atoms with van der Waals surface area (Å²) in [6.07, 6.45) is -1.03. The molecule has 0 saturated carbocycles. The van der Waals surface area contributed by atoms with Gasteiger partial charge in [0.25, 0.3) is 11.2 Å². The van der Waals surface area contributed by atoms with E-state index in [1.165, 1.54) is 28.3 Å². The van der Waals surface area contributed by atoms with E-state index in [2.05, 4.69) is 20.5 Å². The van der Waals surface area contributed by atoms with E-state index in [0.29, 0.717) is 17.0 Å². The van der Waals surface area contributed by atoms with Gasteiger partial charge in [0.05, 0.1) is 17.2 Å². The first kappa shape index (κ1) is 24.3. The molecule has 1 atom stereocenters. The number of aromatic nitrogens is 4. The van der Waals surface area contributed by atoms with Gasteiger partial charge in [-0.05, 0) is 36.8 Å². The Kier molecular flexibility index (Phi) is 6.92. The van der Waals surface area contributed by atoms with Gasteiger partial charge in [-0.1, -0.05) is 18.2 Å². The lowest BCUT2D eigenvalue weighted by atomic mass is 10.1. The lowest BCUT2D eigenvalue weighted by molar-refractivity contribution is -0.384. The maximum atomic E-state index is 12.6. The van der Waals surface area contributed by atoms with Crippen molar-refractivity contribution in [3.63, 3.8) is 0 Å². The maximum Gasteiger partial charge on any atom is 0.329 e. The van der Waals surface area contributed by atoms with Gasteiger partial charge in [-0.15, -0.1) is 0 Å². The van der Waals surface area contributed by atoms with Crippen LogP contribution >= 0.6 is 0 Å². The van der Waals surface area contributed by atoms with E-state index in [1.54, 1.807) is 43.3 Å². The Balaban J connectivity index is 1.64. The number of nitrogens with zero attached hydrogens (tertiary/aromatic N) is 5. The molecule has 36 heavy (non-hydrogen) atoms. The van der Waals surface area contributed by atoms with E-state index in [4.69, 9.17) is 4.74 Å². The predicted octanol–water partition coefficient (Wildman–Crippen LogP) is 1.61. The number of imidazole rings is 1. The lowest BCUT2D eigenvalue weighted by Crippen LogP contribution is -2.30. The number of aliphatic hydroxyl groups is 1. The monoisotopic (exact) mass is 493 g/mol. The minimum Gasteiger partial charge on any atom is -0.491 e. The molecule has 0 aliphatic carbocycles. The van der Waals surface area contributed by atoms with Gasteiger partial charge in [0, 0.05) is 19.2 Å². The minimum atomic E-state index is -1.03. The lowest BCUT2D eigenvalue weighted by Gasteiger charge is -2.15. The predicted molar refractivity (Wildman–Crippen MR) is 132 cm³/mol. The molecule has 13 heteroatoms. The normalized spacial score (nSPS) is 12.5. The van der Waals surface area contributed by atoms with Crippen LogP contribution in [0.4, 0.5) is 11.6 Å². The molecule has 4 aromatic rings. The zero-order valence-corrected chi connectivity index (χ0v) is 19.4. The van der Waals surface area contributed by atoms with E-state index in [1.807, 2.05) is 6.07 Å². The van der Waals surface area contributed by atoms with Crippen LogP contribution in [0.2, 0.25) is 0 Å². The van der Waals surface area contributed by atoms with Crippen molar-refractivity contribution < 1.29 is 14.8 Å². The van der Waals surface area contributed by atoms with Gasteiger partial charge in [-0.3, -0.25) is 24.5 Å². The average molecular weight is 493 g/mol. The quantitative estimate of drug-likeness (QED) is 0.179. The number of anilines is 1. The van der Waals surface area contributed by atoms with Crippen molar-refractivity contribution in [3.8, 4) is 5.75 Å². The second-order valence-corrected chi connectivity index (χ2v) is 7.93. The summed E-state index contributed by atoms with van der Waals surface area (Å²) < 4.78 is 8.20. The fourth-order valence-electron chi connectivity index (χ4n) is 3.49. The number of hydrogen-bond donors (Lipinski definition) is 3. The average Bonchev–Trinajstić information content (AvgIpc) is 3.24. The smallest absolute Gasteiger partial charge is 0.329 e. The number of aliphatic hydroxyl groups excluding tert-OH is 1. The highest BCUT2D eigenvalue weighted by atomic mass is 16.6. The van der Waals surface area contributed by atoms with Crippen LogP contribution in [0.3, 0.4) is 0 Å². The second-order valence-electron chi connectivity index (χ2n) is 7.93. The highest BCUT2D eigenvalue weighted by Gasteiger charge is 2.20. The number of aromatic amines is 1. The fourth-order valence-corrected chi connectivity index (χ4v) is 3.49. The van der Waals surface area contributed by atoms with Crippen molar-refractivity contribution in [1.29, 1.82) is 0 Å². The number of aryl methyl sites for hydroxylation is 1. The van der Waals surface area contributed by atoms with Gasteiger partial charge in [0.2, 0.25) is 5.95 Å². The molecule has 0 aliphatic heterocycles. The molecule has 2 aromatic carbocycles. The highest BCUT2D eigenvalue weighted by Crippen LogP contribution is 2.18. The Morgan fingerprint density at radius 1 is 1.22 bits per heavy atom. The number of hydrazone groups is 1. The summed E-state index contributed by atoms with van der Waals surface area (Å²) in [5.74, 6) is 0.686. The van der Waals surface area contributed by atoms with Crippen molar-refractivity contribution in [1.82, 2.24) is 19.1 Å². The van der Waals surface area contributed by atoms with Gasteiger partial charge in [0.15, 0.2) is 11.2 Å². The van der Waals surface area contributed by atoms with Gasteiger partial charge in [-0.2, -0.15) is 10.1 Å². The summed E-state index contributed by atoms with van der Waals surface area (Å²) in [5, 5.41) is 25.8. The van der Waals surface area contributed by atoms with Crippen LogP contribution in [0.15, 0.2) is 69.3 Å². The number of benzene rings is 2. The number of nitro benzene ring substituents is 1. The molecule has 2 aromatic heterocycles. The van der Waals surface area contributed by atoms with Crippen molar-refractivity contribution in [3.05, 3.63) is 91.1 Å². The number of hydrogen-bond acceptors (Lipinski definition) is 9. The van der Waals surface area contributed by atoms with Crippen LogP contribution in [-0.4, -0.2) is 47.6 Å². The maximum absolute atomic E-state index is 12.6. The molecule has 0 radical (unpaired) electrons. The second kappa shape index (κ2) is 10.2. The third-order valence-electron chi connectivity index (χ3n) is 5.41. The van der Waals surface area contributed by atoms with Gasteiger partial charge in [-0.25, -0.2) is 10.2 Å². The molecule has 0 spiro atoms. The largest absolute Gasteiger partial charge is 0.491 e. The van der Waals surface area contributed by atoms with Crippen molar-refractivity contribution in [2.45, 2.75) is 19.6 Å². The van der Waals surface area contributed by atoms with Crippen LogP contribution in [0.25, 0.3) is 11.2 Å². The van der Waals surface area contributed by atoms with E-state index in [9.17, 15) is 24.8 Å². The standard InChI is InChI=1S/C23H23N7O6/c1-14(15-8-10-16(11-9-15)30(34)35)26-27-22-24-20-19(21(32)25-23(33)28(20)2)29(22)12-17(31)13-36-18-6-4-3-5-7-18/h3-11,17,31H,12-13H2,1-2H3,(H,24,27)(H,25,32,33)/b26-14+/t17-/m0/s1. The molecule has 3 N–H and O–H groups in total. The Morgan fingerprint density at radius 3 is 2.58 bits per heavy atom. The molecule has 0 aliphatic rings. The van der Waals surface area contributed by atoms with E-state index < -0.39 is 22.3 Å². The van der Waals surface area contributed by atoms with Crippen molar-refractivity contribution in [2.75, 3.05) is 12.0 Å². The molecule has 0 fully saturated rings. The summed E-state index contributed by atoms with van der Waals surface area (Å²) in [7, 11) is 1.46. The number of nitrogens with one attached hydrogen (secondary N) is 2. The molecule has 13 nitrogen and oxygen atoms in total. The minimum absolute atomic E-state index is 0.0480. The first-order chi connectivity index (χ1) is 17.2.